The molecule has 2 unspecified atom stereocenters. The second kappa shape index (κ2) is 7.40. The Morgan fingerprint density at radius 2 is 1.05 bits per heavy atom. The third-order valence-electron chi connectivity index (χ3n) is 4.30. The summed E-state index contributed by atoms with van der Waals surface area (Å²) < 4.78 is 0. The van der Waals surface area contributed by atoms with Gasteiger partial charge in [-0.1, -0.05) is 73.5 Å². The Kier molecular flexibility index (Phi) is 5.54. The molecule has 1 heteroatoms. The molecule has 0 aliphatic rings. The molecule has 116 valence electrons. The Morgan fingerprint density at radius 1 is 0.727 bits per heavy atom. The van der Waals surface area contributed by atoms with Gasteiger partial charge in [0.2, 0.25) is 0 Å². The molecular formula is C21H26O. The number of carbonyl (C=O) groups excluding carboxylic acids is 1. The molecule has 0 bridgehead atoms. The highest BCUT2D eigenvalue weighted by atomic mass is 16.1. The van der Waals surface area contributed by atoms with E-state index in [1.807, 2.05) is 13.8 Å². The van der Waals surface area contributed by atoms with Crippen molar-refractivity contribution in [2.45, 2.75) is 40.5 Å². The SMILES string of the molecule is Cc1ccc(CC(C)C(=O)C(C)Cc2ccc(C)cc2)cc1. The zero-order valence-corrected chi connectivity index (χ0v) is 14.1. The molecular weight excluding hydrogens is 268 g/mol. The Labute approximate surface area is 134 Å². The average molecular weight is 294 g/mol. The van der Waals surface area contributed by atoms with E-state index >= 15 is 0 Å². The second-order valence-corrected chi connectivity index (χ2v) is 6.58. The lowest BCUT2D eigenvalue weighted by Crippen LogP contribution is -2.22. The van der Waals surface area contributed by atoms with Gasteiger partial charge in [0, 0.05) is 11.8 Å². The highest BCUT2D eigenvalue weighted by Crippen LogP contribution is 2.18. The quantitative estimate of drug-likeness (QED) is 0.738. The Balaban J connectivity index is 1.94. The van der Waals surface area contributed by atoms with Crippen molar-refractivity contribution in [3.05, 3.63) is 70.8 Å². The maximum absolute atomic E-state index is 12.6. The number of benzene rings is 2. The smallest absolute Gasteiger partial charge is 0.139 e. The van der Waals surface area contributed by atoms with Crippen molar-refractivity contribution in [2.75, 3.05) is 0 Å². The van der Waals surface area contributed by atoms with Crippen molar-refractivity contribution < 1.29 is 4.79 Å². The van der Waals surface area contributed by atoms with Crippen molar-refractivity contribution in [3.8, 4) is 0 Å². The van der Waals surface area contributed by atoms with Crippen LogP contribution in [0.5, 0.6) is 0 Å². The molecule has 0 saturated carbocycles. The van der Waals surface area contributed by atoms with Gasteiger partial charge in [-0.25, -0.2) is 0 Å². The van der Waals surface area contributed by atoms with Crippen LogP contribution >= 0.6 is 0 Å². The van der Waals surface area contributed by atoms with Crippen molar-refractivity contribution in [3.63, 3.8) is 0 Å². The highest BCUT2D eigenvalue weighted by molar-refractivity contribution is 5.83. The molecule has 2 atom stereocenters. The fraction of sp³-hybridized carbons (Fsp3) is 0.381. The van der Waals surface area contributed by atoms with Gasteiger partial charge < -0.3 is 0 Å². The number of carbonyl (C=O) groups is 1. The molecule has 2 rings (SSSR count). The van der Waals surface area contributed by atoms with Gasteiger partial charge in [-0.2, -0.15) is 0 Å². The highest BCUT2D eigenvalue weighted by Gasteiger charge is 2.20. The van der Waals surface area contributed by atoms with Crippen LogP contribution in [0.25, 0.3) is 0 Å². The third kappa shape index (κ3) is 4.56. The van der Waals surface area contributed by atoms with Gasteiger partial charge in [0.25, 0.3) is 0 Å². The molecule has 0 spiro atoms. The molecule has 0 N–H and O–H groups in total. The molecule has 2 aromatic carbocycles. The van der Waals surface area contributed by atoms with Crippen LogP contribution in [0, 0.1) is 25.7 Å². The summed E-state index contributed by atoms with van der Waals surface area (Å²) in [5.41, 5.74) is 5.01. The molecule has 0 saturated heterocycles. The van der Waals surface area contributed by atoms with Crippen LogP contribution in [0.4, 0.5) is 0 Å². The lowest BCUT2D eigenvalue weighted by Gasteiger charge is -2.17. The van der Waals surface area contributed by atoms with E-state index in [4.69, 9.17) is 0 Å². The summed E-state index contributed by atoms with van der Waals surface area (Å²) in [6.45, 7) is 8.27. The molecule has 0 aliphatic heterocycles. The van der Waals surface area contributed by atoms with E-state index in [1.54, 1.807) is 0 Å². The number of hydrogen-bond acceptors (Lipinski definition) is 1. The number of hydrogen-bond donors (Lipinski definition) is 0. The van der Waals surface area contributed by atoms with Crippen molar-refractivity contribution in [2.24, 2.45) is 11.8 Å². The molecule has 0 aromatic heterocycles. The van der Waals surface area contributed by atoms with E-state index in [1.165, 1.54) is 22.3 Å². The lowest BCUT2D eigenvalue weighted by atomic mass is 9.87. The summed E-state index contributed by atoms with van der Waals surface area (Å²) in [5.74, 6) is 0.507. The van der Waals surface area contributed by atoms with E-state index in [9.17, 15) is 4.79 Å². The predicted octanol–water partition coefficient (Wildman–Crippen LogP) is 4.93. The molecule has 0 aliphatic carbocycles. The van der Waals surface area contributed by atoms with E-state index in [-0.39, 0.29) is 11.8 Å². The van der Waals surface area contributed by atoms with Crippen molar-refractivity contribution in [1.29, 1.82) is 0 Å². The largest absolute Gasteiger partial charge is 0.299 e. The van der Waals surface area contributed by atoms with Crippen LogP contribution in [0.2, 0.25) is 0 Å². The van der Waals surface area contributed by atoms with Crippen molar-refractivity contribution in [1.82, 2.24) is 0 Å². The van der Waals surface area contributed by atoms with Gasteiger partial charge in [-0.3, -0.25) is 4.79 Å². The summed E-state index contributed by atoms with van der Waals surface area (Å²) in [5, 5.41) is 0. The summed E-state index contributed by atoms with van der Waals surface area (Å²) in [6, 6.07) is 17.0. The maximum Gasteiger partial charge on any atom is 0.139 e. The standard InChI is InChI=1S/C21H26O/c1-15-5-9-19(10-6-15)13-17(3)21(22)18(4)14-20-11-7-16(2)8-12-20/h5-12,17-18H,13-14H2,1-4H3. The van der Waals surface area contributed by atoms with Gasteiger partial charge in [-0.05, 0) is 37.8 Å². The first-order chi connectivity index (χ1) is 10.5. The minimum Gasteiger partial charge on any atom is -0.299 e. The molecule has 0 heterocycles. The maximum atomic E-state index is 12.6. The topological polar surface area (TPSA) is 17.1 Å². The van der Waals surface area contributed by atoms with E-state index in [2.05, 4.69) is 62.4 Å². The van der Waals surface area contributed by atoms with E-state index in [0.717, 1.165) is 12.8 Å². The molecule has 1 nitrogen and oxygen atoms in total. The number of rotatable bonds is 6. The van der Waals surface area contributed by atoms with Crippen LogP contribution < -0.4 is 0 Å². The van der Waals surface area contributed by atoms with Gasteiger partial charge >= 0.3 is 0 Å². The lowest BCUT2D eigenvalue weighted by molar-refractivity contribution is -0.125. The van der Waals surface area contributed by atoms with E-state index in [0.29, 0.717) is 5.78 Å². The van der Waals surface area contributed by atoms with Gasteiger partial charge in [0.15, 0.2) is 0 Å². The Morgan fingerprint density at radius 3 is 1.36 bits per heavy atom. The summed E-state index contributed by atoms with van der Waals surface area (Å²) in [7, 11) is 0. The number of aryl methyl sites for hydroxylation is 2. The zero-order chi connectivity index (χ0) is 16.1. The van der Waals surface area contributed by atoms with Crippen LogP contribution in [0.3, 0.4) is 0 Å². The van der Waals surface area contributed by atoms with Gasteiger partial charge in [-0.15, -0.1) is 0 Å². The predicted molar refractivity (Wildman–Crippen MR) is 93.1 cm³/mol. The fourth-order valence-corrected chi connectivity index (χ4v) is 2.84. The summed E-state index contributed by atoms with van der Waals surface area (Å²) >= 11 is 0. The minimum atomic E-state index is 0.0724. The average Bonchev–Trinajstić information content (AvgIpc) is 2.51. The second-order valence-electron chi connectivity index (χ2n) is 6.58. The number of Topliss-reactive ketones (excluding diaryl/α,β-unsaturated/α-hetero) is 1. The first kappa shape index (κ1) is 16.5. The fourth-order valence-electron chi connectivity index (χ4n) is 2.84. The Hall–Kier alpha value is -1.89. The monoisotopic (exact) mass is 294 g/mol. The van der Waals surface area contributed by atoms with Crippen LogP contribution in [-0.4, -0.2) is 5.78 Å². The van der Waals surface area contributed by atoms with Crippen LogP contribution in [-0.2, 0) is 17.6 Å². The summed E-state index contributed by atoms with van der Waals surface area (Å²) in [6.07, 6.45) is 1.66. The summed E-state index contributed by atoms with van der Waals surface area (Å²) in [4.78, 5) is 12.6. The van der Waals surface area contributed by atoms with Crippen LogP contribution in [0.1, 0.15) is 36.1 Å². The zero-order valence-electron chi connectivity index (χ0n) is 14.1. The molecule has 2 aromatic rings. The molecule has 22 heavy (non-hydrogen) atoms. The first-order valence-electron chi connectivity index (χ1n) is 8.10. The molecule has 0 amide bonds. The van der Waals surface area contributed by atoms with Crippen LogP contribution in [0.15, 0.2) is 48.5 Å². The molecule has 0 fully saturated rings. The number of ketones is 1. The van der Waals surface area contributed by atoms with Gasteiger partial charge in [0.1, 0.15) is 5.78 Å². The normalized spacial score (nSPS) is 13.6. The minimum absolute atomic E-state index is 0.0724. The molecule has 0 radical (unpaired) electrons. The van der Waals surface area contributed by atoms with Gasteiger partial charge in [0.05, 0.1) is 0 Å². The Bertz CT molecular complexity index is 552. The third-order valence-corrected chi connectivity index (χ3v) is 4.30. The van der Waals surface area contributed by atoms with Crippen molar-refractivity contribution >= 4 is 5.78 Å². The van der Waals surface area contributed by atoms with E-state index < -0.39 is 0 Å². The first-order valence-corrected chi connectivity index (χ1v) is 8.10.